The van der Waals surface area contributed by atoms with Crippen molar-refractivity contribution < 1.29 is 4.74 Å². The maximum absolute atomic E-state index is 5.79. The van der Waals surface area contributed by atoms with Crippen LogP contribution >= 0.6 is 0 Å². The predicted molar refractivity (Wildman–Crippen MR) is 85.1 cm³/mol. The average molecular weight is 289 g/mol. The van der Waals surface area contributed by atoms with Crippen LogP contribution in [0.25, 0.3) is 0 Å². The molecule has 1 aliphatic rings. The summed E-state index contributed by atoms with van der Waals surface area (Å²) < 4.78 is 5.79. The second-order valence-corrected chi connectivity index (χ2v) is 6.36. The minimum atomic E-state index is 0.587. The molecule has 1 N–H and O–H groups in total. The predicted octanol–water partition coefficient (Wildman–Crippen LogP) is 3.20. The van der Waals surface area contributed by atoms with E-state index >= 15 is 0 Å². The molecule has 2 atom stereocenters. The number of ether oxygens (including phenoxy) is 1. The second-order valence-electron chi connectivity index (χ2n) is 6.36. The van der Waals surface area contributed by atoms with Crippen LogP contribution in [-0.4, -0.2) is 23.1 Å². The standard InChI is InChI=1S/C17H27N3O/c1-13(2)8-18-9-16-10-20-17(11-19-16)21-12-15-7-5-4-6-14(15)3/h4-5,10-11,13-15,18H,6-9,12H2,1-3H3. The van der Waals surface area contributed by atoms with Crippen molar-refractivity contribution in [2.75, 3.05) is 13.2 Å². The first kappa shape index (κ1) is 16.0. The first-order valence-electron chi connectivity index (χ1n) is 7.94. The van der Waals surface area contributed by atoms with E-state index in [1.165, 1.54) is 0 Å². The number of allylic oxidation sites excluding steroid dienone is 2. The Bertz CT molecular complexity index is 442. The van der Waals surface area contributed by atoms with Crippen LogP contribution in [0.5, 0.6) is 5.88 Å². The fourth-order valence-corrected chi connectivity index (χ4v) is 2.43. The molecule has 2 rings (SSSR count). The summed E-state index contributed by atoms with van der Waals surface area (Å²) in [6.07, 6.45) is 10.3. The van der Waals surface area contributed by atoms with Crippen LogP contribution in [0.3, 0.4) is 0 Å². The molecule has 0 radical (unpaired) electrons. The van der Waals surface area contributed by atoms with Crippen molar-refractivity contribution in [3.63, 3.8) is 0 Å². The summed E-state index contributed by atoms with van der Waals surface area (Å²) in [7, 11) is 0. The molecule has 2 unspecified atom stereocenters. The zero-order chi connectivity index (χ0) is 15.1. The van der Waals surface area contributed by atoms with Crippen LogP contribution < -0.4 is 10.1 Å². The molecule has 0 saturated heterocycles. The third kappa shape index (κ3) is 5.46. The van der Waals surface area contributed by atoms with Gasteiger partial charge in [-0.2, -0.15) is 0 Å². The van der Waals surface area contributed by atoms with E-state index in [9.17, 15) is 0 Å². The van der Waals surface area contributed by atoms with Crippen molar-refractivity contribution in [1.29, 1.82) is 0 Å². The quantitative estimate of drug-likeness (QED) is 0.783. The van der Waals surface area contributed by atoms with Gasteiger partial charge in [0, 0.05) is 6.54 Å². The third-order valence-electron chi connectivity index (χ3n) is 3.90. The summed E-state index contributed by atoms with van der Waals surface area (Å²) >= 11 is 0. The van der Waals surface area contributed by atoms with E-state index in [0.29, 0.717) is 23.6 Å². The van der Waals surface area contributed by atoms with Crippen molar-refractivity contribution in [1.82, 2.24) is 15.3 Å². The lowest BCUT2D eigenvalue weighted by molar-refractivity contribution is 0.192. The van der Waals surface area contributed by atoms with E-state index in [2.05, 4.69) is 48.2 Å². The normalized spacial score (nSPS) is 21.7. The zero-order valence-corrected chi connectivity index (χ0v) is 13.4. The van der Waals surface area contributed by atoms with Gasteiger partial charge in [-0.1, -0.05) is 32.9 Å². The molecular weight excluding hydrogens is 262 g/mol. The van der Waals surface area contributed by atoms with E-state index in [4.69, 9.17) is 4.74 Å². The largest absolute Gasteiger partial charge is 0.476 e. The molecule has 0 fully saturated rings. The molecule has 4 heteroatoms. The second kappa shape index (κ2) is 8.13. The van der Waals surface area contributed by atoms with Gasteiger partial charge in [-0.25, -0.2) is 4.98 Å². The first-order valence-corrected chi connectivity index (χ1v) is 7.94. The zero-order valence-electron chi connectivity index (χ0n) is 13.4. The molecule has 0 saturated carbocycles. The van der Waals surface area contributed by atoms with Gasteiger partial charge in [-0.15, -0.1) is 0 Å². The lowest BCUT2D eigenvalue weighted by atomic mass is 9.85. The van der Waals surface area contributed by atoms with Crippen LogP contribution in [-0.2, 0) is 6.54 Å². The highest BCUT2D eigenvalue weighted by atomic mass is 16.5. The molecule has 1 heterocycles. The Morgan fingerprint density at radius 1 is 1.24 bits per heavy atom. The molecule has 4 nitrogen and oxygen atoms in total. The van der Waals surface area contributed by atoms with Gasteiger partial charge in [0.15, 0.2) is 0 Å². The summed E-state index contributed by atoms with van der Waals surface area (Å²) in [5, 5.41) is 3.36. The highest BCUT2D eigenvalue weighted by Gasteiger charge is 2.19. The average Bonchev–Trinajstić information content (AvgIpc) is 2.47. The smallest absolute Gasteiger partial charge is 0.232 e. The Morgan fingerprint density at radius 3 is 2.71 bits per heavy atom. The summed E-state index contributed by atoms with van der Waals surface area (Å²) in [6, 6.07) is 0. The summed E-state index contributed by atoms with van der Waals surface area (Å²) in [5.41, 5.74) is 0.956. The van der Waals surface area contributed by atoms with Crippen LogP contribution in [0, 0.1) is 17.8 Å². The Labute approximate surface area is 128 Å². The molecule has 21 heavy (non-hydrogen) atoms. The van der Waals surface area contributed by atoms with E-state index in [0.717, 1.165) is 38.2 Å². The number of aromatic nitrogens is 2. The Morgan fingerprint density at radius 2 is 2.05 bits per heavy atom. The van der Waals surface area contributed by atoms with Gasteiger partial charge in [-0.3, -0.25) is 4.98 Å². The number of hydrogen-bond donors (Lipinski definition) is 1. The number of rotatable bonds is 7. The first-order chi connectivity index (χ1) is 10.1. The lowest BCUT2D eigenvalue weighted by Crippen LogP contribution is -2.21. The highest BCUT2D eigenvalue weighted by Crippen LogP contribution is 2.25. The van der Waals surface area contributed by atoms with E-state index in [-0.39, 0.29) is 0 Å². The molecule has 0 spiro atoms. The monoisotopic (exact) mass is 289 g/mol. The summed E-state index contributed by atoms with van der Waals surface area (Å²) in [6.45, 7) is 9.15. The SMILES string of the molecule is CC(C)CNCc1cnc(OCC2CC=CCC2C)cn1. The van der Waals surface area contributed by atoms with Gasteiger partial charge < -0.3 is 10.1 Å². The summed E-state index contributed by atoms with van der Waals surface area (Å²) in [5.74, 6) is 2.54. The molecular formula is C17H27N3O. The maximum atomic E-state index is 5.79. The molecule has 1 aliphatic carbocycles. The van der Waals surface area contributed by atoms with Crippen LogP contribution in [0.4, 0.5) is 0 Å². The van der Waals surface area contributed by atoms with Crippen LogP contribution in [0.1, 0.15) is 39.3 Å². The van der Waals surface area contributed by atoms with Gasteiger partial charge in [0.05, 0.1) is 24.7 Å². The summed E-state index contributed by atoms with van der Waals surface area (Å²) in [4.78, 5) is 8.74. The highest BCUT2D eigenvalue weighted by molar-refractivity contribution is 5.07. The van der Waals surface area contributed by atoms with Crippen molar-refractivity contribution in [2.45, 2.75) is 40.2 Å². The van der Waals surface area contributed by atoms with Crippen LogP contribution in [0.15, 0.2) is 24.5 Å². The van der Waals surface area contributed by atoms with Gasteiger partial charge in [0.25, 0.3) is 0 Å². The Hall–Kier alpha value is -1.42. The fourth-order valence-electron chi connectivity index (χ4n) is 2.43. The Kier molecular flexibility index (Phi) is 6.18. The lowest BCUT2D eigenvalue weighted by Gasteiger charge is -2.24. The van der Waals surface area contributed by atoms with E-state index < -0.39 is 0 Å². The Balaban J connectivity index is 1.75. The van der Waals surface area contributed by atoms with Gasteiger partial charge >= 0.3 is 0 Å². The van der Waals surface area contributed by atoms with E-state index in [1.807, 2.05) is 0 Å². The van der Waals surface area contributed by atoms with E-state index in [1.54, 1.807) is 12.4 Å². The fraction of sp³-hybridized carbons (Fsp3) is 0.647. The number of hydrogen-bond acceptors (Lipinski definition) is 4. The number of nitrogens with zero attached hydrogens (tertiary/aromatic N) is 2. The minimum Gasteiger partial charge on any atom is -0.476 e. The minimum absolute atomic E-state index is 0.587. The molecule has 0 aromatic carbocycles. The van der Waals surface area contributed by atoms with Crippen molar-refractivity contribution in [3.05, 3.63) is 30.2 Å². The molecule has 1 aromatic rings. The van der Waals surface area contributed by atoms with Gasteiger partial charge in [0.2, 0.25) is 5.88 Å². The molecule has 116 valence electrons. The van der Waals surface area contributed by atoms with Gasteiger partial charge in [0.1, 0.15) is 0 Å². The number of nitrogens with one attached hydrogen (secondary N) is 1. The molecule has 0 bridgehead atoms. The van der Waals surface area contributed by atoms with Crippen molar-refractivity contribution >= 4 is 0 Å². The topological polar surface area (TPSA) is 47.0 Å². The van der Waals surface area contributed by atoms with Crippen molar-refractivity contribution in [2.24, 2.45) is 17.8 Å². The van der Waals surface area contributed by atoms with Crippen LogP contribution in [0.2, 0.25) is 0 Å². The molecule has 0 aliphatic heterocycles. The third-order valence-corrected chi connectivity index (χ3v) is 3.90. The molecule has 1 aromatic heterocycles. The molecule has 0 amide bonds. The van der Waals surface area contributed by atoms with Crippen molar-refractivity contribution in [3.8, 4) is 5.88 Å². The maximum Gasteiger partial charge on any atom is 0.232 e. The van der Waals surface area contributed by atoms with Gasteiger partial charge in [-0.05, 0) is 37.1 Å².